The maximum Gasteiger partial charge on any atom is 0.258 e. The first-order chi connectivity index (χ1) is 15.7. The summed E-state index contributed by atoms with van der Waals surface area (Å²) in [4.78, 5) is 18.7. The number of aromatic nitrogens is 5. The van der Waals surface area contributed by atoms with E-state index in [1.807, 2.05) is 23.1 Å². The molecule has 0 saturated carbocycles. The van der Waals surface area contributed by atoms with E-state index in [0.29, 0.717) is 62.1 Å². The van der Waals surface area contributed by atoms with Crippen molar-refractivity contribution in [2.75, 3.05) is 26.3 Å². The molecule has 1 aliphatic heterocycles. The molecule has 1 saturated heterocycles. The van der Waals surface area contributed by atoms with Crippen molar-refractivity contribution in [1.29, 1.82) is 5.26 Å². The zero-order chi connectivity index (χ0) is 21.9. The molecule has 1 aliphatic rings. The lowest BCUT2D eigenvalue weighted by Gasteiger charge is -2.26. The highest BCUT2D eigenvalue weighted by Gasteiger charge is 2.18. The number of nitriles is 1. The lowest BCUT2D eigenvalue weighted by Crippen LogP contribution is -2.41. The highest BCUT2D eigenvalue weighted by Crippen LogP contribution is 2.25. The normalized spacial score (nSPS) is 13.9. The van der Waals surface area contributed by atoms with E-state index in [4.69, 9.17) is 14.5 Å². The predicted octanol–water partition coefficient (Wildman–Crippen LogP) is 2.27. The topological polar surface area (TPSA) is 123 Å². The molecule has 0 aliphatic carbocycles. The van der Waals surface area contributed by atoms with E-state index >= 15 is 0 Å². The van der Waals surface area contributed by atoms with Crippen LogP contribution in [0.25, 0.3) is 33.9 Å². The summed E-state index contributed by atoms with van der Waals surface area (Å²) in [5, 5.41) is 21.4. The lowest BCUT2D eigenvalue weighted by molar-refractivity contribution is -0.135. The number of carbonyl (C=O) groups excluding carboxylic acids is 1. The average Bonchev–Trinajstić information content (AvgIpc) is 3.50. The van der Waals surface area contributed by atoms with E-state index in [9.17, 15) is 4.79 Å². The van der Waals surface area contributed by atoms with Crippen molar-refractivity contribution in [1.82, 2.24) is 30.0 Å². The Bertz CT molecular complexity index is 1300. The molecule has 4 aromatic rings. The van der Waals surface area contributed by atoms with Crippen LogP contribution in [0.15, 0.2) is 47.0 Å². The summed E-state index contributed by atoms with van der Waals surface area (Å²) >= 11 is 0. The Balaban J connectivity index is 1.31. The Morgan fingerprint density at radius 1 is 1.09 bits per heavy atom. The minimum absolute atomic E-state index is 0.0932. The van der Waals surface area contributed by atoms with Crippen LogP contribution in [0, 0.1) is 11.3 Å². The smallest absolute Gasteiger partial charge is 0.258 e. The Labute approximate surface area is 183 Å². The molecule has 10 nitrogen and oxygen atoms in total. The zero-order valence-corrected chi connectivity index (χ0v) is 17.1. The second-order valence-electron chi connectivity index (χ2n) is 7.37. The second-order valence-corrected chi connectivity index (χ2v) is 7.37. The van der Waals surface area contributed by atoms with Crippen molar-refractivity contribution in [3.05, 3.63) is 48.0 Å². The molecule has 160 valence electrons. The van der Waals surface area contributed by atoms with Gasteiger partial charge in [-0.05, 0) is 42.5 Å². The van der Waals surface area contributed by atoms with Gasteiger partial charge in [-0.2, -0.15) is 10.2 Å². The summed E-state index contributed by atoms with van der Waals surface area (Å²) in [5.41, 5.74) is 3.57. The first-order valence-corrected chi connectivity index (χ1v) is 10.2. The van der Waals surface area contributed by atoms with Gasteiger partial charge in [-0.25, -0.2) is 4.68 Å². The quantitative estimate of drug-likeness (QED) is 0.473. The summed E-state index contributed by atoms with van der Waals surface area (Å²) in [6, 6.07) is 14.6. The number of hydrogen-bond acceptors (Lipinski definition) is 8. The monoisotopic (exact) mass is 429 g/mol. The van der Waals surface area contributed by atoms with Gasteiger partial charge in [0, 0.05) is 30.6 Å². The van der Waals surface area contributed by atoms with Gasteiger partial charge in [0.2, 0.25) is 11.7 Å². The number of rotatable bonds is 5. The molecule has 2 aromatic heterocycles. The van der Waals surface area contributed by atoms with Crippen molar-refractivity contribution >= 4 is 16.9 Å². The van der Waals surface area contributed by atoms with Crippen molar-refractivity contribution in [2.24, 2.45) is 0 Å². The highest BCUT2D eigenvalue weighted by atomic mass is 16.5. The molecule has 10 heteroatoms. The lowest BCUT2D eigenvalue weighted by atomic mass is 10.1. The van der Waals surface area contributed by atoms with Gasteiger partial charge >= 0.3 is 0 Å². The van der Waals surface area contributed by atoms with Crippen molar-refractivity contribution < 1.29 is 14.1 Å². The maximum atomic E-state index is 12.4. The number of amides is 1. The average molecular weight is 429 g/mol. The predicted molar refractivity (Wildman–Crippen MR) is 113 cm³/mol. The molecule has 3 heterocycles. The van der Waals surface area contributed by atoms with Crippen LogP contribution < -0.4 is 0 Å². The van der Waals surface area contributed by atoms with E-state index in [-0.39, 0.29) is 5.91 Å². The Kier molecular flexibility index (Phi) is 5.31. The molecular formula is C22H19N7O3. The second kappa shape index (κ2) is 8.56. The van der Waals surface area contributed by atoms with E-state index in [1.54, 1.807) is 28.9 Å². The number of nitrogens with zero attached hydrogens (tertiary/aromatic N) is 7. The van der Waals surface area contributed by atoms with Crippen LogP contribution >= 0.6 is 0 Å². The molecule has 2 aromatic carbocycles. The fraction of sp³-hybridized carbons (Fsp3) is 0.273. The van der Waals surface area contributed by atoms with Crippen LogP contribution in [0.2, 0.25) is 0 Å². The van der Waals surface area contributed by atoms with Crippen LogP contribution in [0.4, 0.5) is 0 Å². The molecule has 0 unspecified atom stereocenters. The Morgan fingerprint density at radius 2 is 1.88 bits per heavy atom. The first-order valence-electron chi connectivity index (χ1n) is 10.2. The highest BCUT2D eigenvalue weighted by molar-refractivity contribution is 5.80. The fourth-order valence-electron chi connectivity index (χ4n) is 3.59. The van der Waals surface area contributed by atoms with Gasteiger partial charge in [-0.1, -0.05) is 10.4 Å². The zero-order valence-electron chi connectivity index (χ0n) is 17.1. The third-order valence-electron chi connectivity index (χ3n) is 5.36. The summed E-state index contributed by atoms with van der Waals surface area (Å²) < 4.78 is 12.4. The van der Waals surface area contributed by atoms with Gasteiger partial charge in [0.05, 0.1) is 36.9 Å². The summed E-state index contributed by atoms with van der Waals surface area (Å²) in [6.07, 6.45) is 0.360. The van der Waals surface area contributed by atoms with Crippen LogP contribution in [-0.4, -0.2) is 62.2 Å². The van der Waals surface area contributed by atoms with Gasteiger partial charge in [0.15, 0.2) is 0 Å². The Hall–Kier alpha value is -4.10. The molecule has 0 atom stereocenters. The van der Waals surface area contributed by atoms with Crippen LogP contribution in [0.3, 0.4) is 0 Å². The van der Waals surface area contributed by atoms with Crippen molar-refractivity contribution in [2.45, 2.75) is 13.0 Å². The number of ether oxygens (including phenoxy) is 1. The largest absolute Gasteiger partial charge is 0.378 e. The van der Waals surface area contributed by atoms with Gasteiger partial charge in [0.1, 0.15) is 5.52 Å². The van der Waals surface area contributed by atoms with E-state index < -0.39 is 0 Å². The standard InChI is InChI=1S/C22H19N7O3/c23-14-15-1-3-16(4-2-15)22-24-21(26-32-22)17-5-6-19-18(13-17)25-27-29(19)8-7-20(30)28-9-11-31-12-10-28/h1-6,13H,7-12H2. The van der Waals surface area contributed by atoms with Crippen molar-refractivity contribution in [3.63, 3.8) is 0 Å². The maximum absolute atomic E-state index is 12.4. The summed E-state index contributed by atoms with van der Waals surface area (Å²) in [7, 11) is 0. The van der Waals surface area contributed by atoms with E-state index in [1.165, 1.54) is 0 Å². The number of morpholine rings is 1. The summed E-state index contributed by atoms with van der Waals surface area (Å²) in [5.74, 6) is 0.897. The molecule has 5 rings (SSSR count). The minimum atomic E-state index is 0.0932. The number of aryl methyl sites for hydroxylation is 1. The molecule has 1 amide bonds. The number of benzene rings is 2. The molecular weight excluding hydrogens is 410 g/mol. The van der Waals surface area contributed by atoms with Gasteiger partial charge in [0.25, 0.3) is 5.89 Å². The molecule has 32 heavy (non-hydrogen) atoms. The van der Waals surface area contributed by atoms with Gasteiger partial charge < -0.3 is 14.2 Å². The third-order valence-corrected chi connectivity index (χ3v) is 5.36. The molecule has 0 bridgehead atoms. The molecule has 0 N–H and O–H groups in total. The Morgan fingerprint density at radius 3 is 2.66 bits per heavy atom. The molecule has 1 fully saturated rings. The molecule has 0 radical (unpaired) electrons. The van der Waals surface area contributed by atoms with E-state index in [2.05, 4.69) is 26.5 Å². The third kappa shape index (κ3) is 3.93. The van der Waals surface area contributed by atoms with Crippen LogP contribution in [0.1, 0.15) is 12.0 Å². The van der Waals surface area contributed by atoms with Gasteiger partial charge in [-0.15, -0.1) is 5.10 Å². The minimum Gasteiger partial charge on any atom is -0.378 e. The van der Waals surface area contributed by atoms with Gasteiger partial charge in [-0.3, -0.25) is 4.79 Å². The fourth-order valence-corrected chi connectivity index (χ4v) is 3.59. The van der Waals surface area contributed by atoms with E-state index in [0.717, 1.165) is 16.6 Å². The summed E-state index contributed by atoms with van der Waals surface area (Å²) in [6.45, 7) is 2.90. The first kappa shape index (κ1) is 19.8. The SMILES string of the molecule is N#Cc1ccc(-c2nc(-c3ccc4c(c3)nnn4CCC(=O)N3CCOCC3)no2)cc1. The van der Waals surface area contributed by atoms with Crippen molar-refractivity contribution in [3.8, 4) is 28.9 Å². The number of fused-ring (bicyclic) bond motifs is 1. The molecule has 0 spiro atoms. The number of carbonyl (C=O) groups is 1. The van der Waals surface area contributed by atoms with Crippen LogP contribution in [-0.2, 0) is 16.1 Å². The number of hydrogen-bond donors (Lipinski definition) is 0. The van der Waals surface area contributed by atoms with Crippen LogP contribution in [0.5, 0.6) is 0 Å².